The minimum absolute atomic E-state index is 0.217. The third kappa shape index (κ3) is 2.34. The minimum Gasteiger partial charge on any atom is -0.383 e. The highest BCUT2D eigenvalue weighted by atomic mass is 16.5. The van der Waals surface area contributed by atoms with Crippen molar-refractivity contribution < 1.29 is 4.74 Å². The van der Waals surface area contributed by atoms with E-state index in [2.05, 4.69) is 52.4 Å². The molecule has 0 aromatic heterocycles. The summed E-state index contributed by atoms with van der Waals surface area (Å²) in [4.78, 5) is 6.49. The number of nitrogens with zero attached hydrogens (tertiary/aromatic N) is 2. The Bertz CT molecular complexity index is 638. The third-order valence-electron chi connectivity index (χ3n) is 3.79. The maximum Gasteiger partial charge on any atom is 0.192 e. The van der Waals surface area contributed by atoms with Crippen LogP contribution in [0, 0.1) is 0 Å². The molecule has 2 aromatic carbocycles. The van der Waals surface area contributed by atoms with E-state index in [1.54, 1.807) is 7.11 Å². The van der Waals surface area contributed by atoms with Crippen LogP contribution in [0.1, 0.15) is 11.6 Å². The maximum absolute atomic E-state index is 5.98. The lowest BCUT2D eigenvalue weighted by molar-refractivity contribution is 0.166. The van der Waals surface area contributed by atoms with E-state index < -0.39 is 0 Å². The molecule has 0 saturated heterocycles. The van der Waals surface area contributed by atoms with Gasteiger partial charge in [0.2, 0.25) is 0 Å². The second-order valence-electron chi connectivity index (χ2n) is 5.01. The number of methoxy groups -OCH3 is 1. The van der Waals surface area contributed by atoms with E-state index >= 15 is 0 Å². The van der Waals surface area contributed by atoms with Gasteiger partial charge in [0.1, 0.15) is 0 Å². The van der Waals surface area contributed by atoms with E-state index in [4.69, 9.17) is 10.5 Å². The van der Waals surface area contributed by atoms with Crippen LogP contribution >= 0.6 is 0 Å². The van der Waals surface area contributed by atoms with Crippen LogP contribution in [0.25, 0.3) is 10.8 Å². The Morgan fingerprint density at radius 2 is 2.05 bits per heavy atom. The molecule has 1 aliphatic heterocycles. The summed E-state index contributed by atoms with van der Waals surface area (Å²) in [5.74, 6) is 0.611. The molecule has 4 heteroatoms. The van der Waals surface area contributed by atoms with Gasteiger partial charge >= 0.3 is 0 Å². The lowest BCUT2D eigenvalue weighted by Gasteiger charge is -2.26. The van der Waals surface area contributed by atoms with Gasteiger partial charge in [0.15, 0.2) is 5.96 Å². The lowest BCUT2D eigenvalue weighted by Crippen LogP contribution is -2.38. The first kappa shape index (κ1) is 12.9. The van der Waals surface area contributed by atoms with Crippen molar-refractivity contribution in [2.45, 2.75) is 6.04 Å². The number of aliphatic imine (C=N–C) groups is 1. The minimum atomic E-state index is 0.217. The fourth-order valence-corrected chi connectivity index (χ4v) is 2.69. The third-order valence-corrected chi connectivity index (χ3v) is 3.79. The number of ether oxygens (including phenoxy) is 1. The molecule has 0 amide bonds. The van der Waals surface area contributed by atoms with Crippen molar-refractivity contribution in [3.8, 4) is 0 Å². The number of hydrogen-bond donors (Lipinski definition) is 1. The maximum atomic E-state index is 5.98. The highest BCUT2D eigenvalue weighted by molar-refractivity contribution is 5.84. The Balaban J connectivity index is 1.89. The monoisotopic (exact) mass is 269 g/mol. The molecule has 3 rings (SSSR count). The molecule has 20 heavy (non-hydrogen) atoms. The second-order valence-corrected chi connectivity index (χ2v) is 5.01. The molecule has 0 bridgehead atoms. The molecule has 0 fully saturated rings. The average Bonchev–Trinajstić information content (AvgIpc) is 2.85. The van der Waals surface area contributed by atoms with E-state index in [1.165, 1.54) is 16.3 Å². The van der Waals surface area contributed by atoms with Gasteiger partial charge < -0.3 is 15.4 Å². The van der Waals surface area contributed by atoms with E-state index in [-0.39, 0.29) is 6.04 Å². The first-order valence-electron chi connectivity index (χ1n) is 6.84. The van der Waals surface area contributed by atoms with Gasteiger partial charge in [0, 0.05) is 13.7 Å². The number of hydrogen-bond acceptors (Lipinski definition) is 4. The highest BCUT2D eigenvalue weighted by Crippen LogP contribution is 2.27. The second kappa shape index (κ2) is 5.51. The summed E-state index contributed by atoms with van der Waals surface area (Å²) in [6, 6.07) is 15.2. The van der Waals surface area contributed by atoms with Gasteiger partial charge in [-0.3, -0.25) is 4.99 Å². The van der Waals surface area contributed by atoms with Crippen molar-refractivity contribution in [3.63, 3.8) is 0 Å². The largest absolute Gasteiger partial charge is 0.383 e. The Kier molecular flexibility index (Phi) is 3.56. The van der Waals surface area contributed by atoms with Gasteiger partial charge in [-0.1, -0.05) is 36.4 Å². The van der Waals surface area contributed by atoms with Gasteiger partial charge in [-0.25, -0.2) is 0 Å². The summed E-state index contributed by atoms with van der Waals surface area (Å²) >= 11 is 0. The molecule has 1 heterocycles. The lowest BCUT2D eigenvalue weighted by atomic mass is 10.0. The standard InChI is InChI=1S/C16H19N3O/c1-20-9-8-19-15(11-18-16(19)17)14-7-6-12-4-2-3-5-13(12)10-14/h2-7,10,15H,8-9,11H2,1H3,(H2,17,18). The Hall–Kier alpha value is -2.07. The van der Waals surface area contributed by atoms with Crippen molar-refractivity contribution in [2.75, 3.05) is 26.8 Å². The van der Waals surface area contributed by atoms with Crippen LogP contribution in [-0.4, -0.2) is 37.7 Å². The molecule has 1 aliphatic rings. The highest BCUT2D eigenvalue weighted by Gasteiger charge is 2.27. The molecule has 0 aliphatic carbocycles. The van der Waals surface area contributed by atoms with Crippen molar-refractivity contribution in [1.82, 2.24) is 4.90 Å². The van der Waals surface area contributed by atoms with Crippen LogP contribution in [0.2, 0.25) is 0 Å². The number of guanidine groups is 1. The van der Waals surface area contributed by atoms with Crippen LogP contribution in [0.3, 0.4) is 0 Å². The van der Waals surface area contributed by atoms with E-state index in [0.717, 1.165) is 6.54 Å². The number of fused-ring (bicyclic) bond motifs is 1. The van der Waals surface area contributed by atoms with Crippen molar-refractivity contribution in [3.05, 3.63) is 48.0 Å². The molecule has 0 spiro atoms. The SMILES string of the molecule is COCCN1C(N)=NCC1c1ccc2ccccc2c1. The first-order valence-corrected chi connectivity index (χ1v) is 6.84. The zero-order valence-corrected chi connectivity index (χ0v) is 11.6. The van der Waals surface area contributed by atoms with E-state index in [1.807, 2.05) is 0 Å². The number of benzene rings is 2. The normalized spacial score (nSPS) is 18.6. The molecular weight excluding hydrogens is 250 g/mol. The average molecular weight is 269 g/mol. The molecule has 1 unspecified atom stereocenters. The first-order chi connectivity index (χ1) is 9.79. The molecule has 104 valence electrons. The fraction of sp³-hybridized carbons (Fsp3) is 0.312. The summed E-state index contributed by atoms with van der Waals surface area (Å²) in [5, 5.41) is 2.51. The van der Waals surface area contributed by atoms with Crippen LogP contribution in [-0.2, 0) is 4.74 Å². The summed E-state index contributed by atoms with van der Waals surface area (Å²) in [6.45, 7) is 2.14. The van der Waals surface area contributed by atoms with Crippen molar-refractivity contribution >= 4 is 16.7 Å². The Morgan fingerprint density at radius 1 is 1.25 bits per heavy atom. The van der Waals surface area contributed by atoms with Crippen LogP contribution in [0.5, 0.6) is 0 Å². The predicted molar refractivity (Wildman–Crippen MR) is 81.8 cm³/mol. The van der Waals surface area contributed by atoms with Gasteiger partial charge in [0.25, 0.3) is 0 Å². The Morgan fingerprint density at radius 3 is 2.85 bits per heavy atom. The van der Waals surface area contributed by atoms with Gasteiger partial charge in [-0.2, -0.15) is 0 Å². The zero-order chi connectivity index (χ0) is 13.9. The number of nitrogens with two attached hydrogens (primary N) is 1. The Labute approximate surface area is 118 Å². The van der Waals surface area contributed by atoms with Crippen LogP contribution in [0.4, 0.5) is 0 Å². The molecule has 0 saturated carbocycles. The summed E-state index contributed by atoms with van der Waals surface area (Å²) in [7, 11) is 1.70. The molecule has 4 nitrogen and oxygen atoms in total. The molecule has 1 atom stereocenters. The molecule has 2 N–H and O–H groups in total. The summed E-state index contributed by atoms with van der Waals surface area (Å²) in [6.07, 6.45) is 0. The number of rotatable bonds is 4. The molecule has 2 aromatic rings. The quantitative estimate of drug-likeness (QED) is 0.925. The van der Waals surface area contributed by atoms with Crippen molar-refractivity contribution in [2.24, 2.45) is 10.7 Å². The topological polar surface area (TPSA) is 50.9 Å². The van der Waals surface area contributed by atoms with Crippen LogP contribution < -0.4 is 5.73 Å². The van der Waals surface area contributed by atoms with Gasteiger partial charge in [-0.15, -0.1) is 0 Å². The van der Waals surface area contributed by atoms with E-state index in [9.17, 15) is 0 Å². The smallest absolute Gasteiger partial charge is 0.192 e. The summed E-state index contributed by atoms with van der Waals surface area (Å²) < 4.78 is 5.15. The van der Waals surface area contributed by atoms with Gasteiger partial charge in [-0.05, 0) is 22.4 Å². The fourth-order valence-electron chi connectivity index (χ4n) is 2.69. The molecule has 0 radical (unpaired) electrons. The summed E-state index contributed by atoms with van der Waals surface area (Å²) in [5.41, 5.74) is 7.23. The zero-order valence-electron chi connectivity index (χ0n) is 11.6. The predicted octanol–water partition coefficient (Wildman–Crippen LogP) is 2.16. The van der Waals surface area contributed by atoms with Crippen molar-refractivity contribution in [1.29, 1.82) is 0 Å². The van der Waals surface area contributed by atoms with Gasteiger partial charge in [0.05, 0.1) is 19.2 Å². The molecular formula is C16H19N3O. The van der Waals surface area contributed by atoms with Crippen LogP contribution in [0.15, 0.2) is 47.5 Å². The van der Waals surface area contributed by atoms with E-state index in [0.29, 0.717) is 19.1 Å².